The molecule has 0 N–H and O–H groups in total. The van der Waals surface area contributed by atoms with E-state index >= 15 is 0 Å². The molecule has 0 saturated carbocycles. The van der Waals surface area contributed by atoms with Crippen molar-refractivity contribution in [2.24, 2.45) is 0 Å². The highest BCUT2D eigenvalue weighted by atomic mass is 32.2. The SMILES string of the molecule is Cc1ccc(S(=O)(=O)c2cn(CC(=O)N3CCCc4ccccc43)c3ccccc23)cc1. The zero-order chi connectivity index (χ0) is 22.3. The maximum Gasteiger partial charge on any atom is 0.246 e. The van der Waals surface area contributed by atoms with E-state index in [9.17, 15) is 13.2 Å². The van der Waals surface area contributed by atoms with Gasteiger partial charge < -0.3 is 9.47 Å². The third kappa shape index (κ3) is 3.50. The highest BCUT2D eigenvalue weighted by molar-refractivity contribution is 7.91. The average molecular weight is 445 g/mol. The summed E-state index contributed by atoms with van der Waals surface area (Å²) in [4.78, 5) is 15.6. The van der Waals surface area contributed by atoms with Gasteiger partial charge in [0.25, 0.3) is 0 Å². The van der Waals surface area contributed by atoms with Crippen LogP contribution in [-0.2, 0) is 27.6 Å². The van der Waals surface area contributed by atoms with Gasteiger partial charge in [0.1, 0.15) is 6.54 Å². The lowest BCUT2D eigenvalue weighted by molar-refractivity contribution is -0.119. The quantitative estimate of drug-likeness (QED) is 0.456. The molecule has 1 aliphatic heterocycles. The minimum atomic E-state index is -3.72. The van der Waals surface area contributed by atoms with Crippen molar-refractivity contribution in [1.82, 2.24) is 4.57 Å². The van der Waals surface area contributed by atoms with Crippen molar-refractivity contribution in [3.05, 3.63) is 90.1 Å². The number of carbonyl (C=O) groups excluding carboxylic acids is 1. The Bertz CT molecular complexity index is 1420. The number of nitrogens with zero attached hydrogens (tertiary/aromatic N) is 2. The van der Waals surface area contributed by atoms with E-state index in [0.717, 1.165) is 29.6 Å². The number of aryl methyl sites for hydroxylation is 2. The molecule has 0 fully saturated rings. The zero-order valence-corrected chi connectivity index (χ0v) is 18.7. The van der Waals surface area contributed by atoms with Gasteiger partial charge in [-0.3, -0.25) is 4.79 Å². The third-order valence-electron chi connectivity index (χ3n) is 6.09. The summed E-state index contributed by atoms with van der Waals surface area (Å²) in [5.74, 6) is -0.0443. The zero-order valence-electron chi connectivity index (χ0n) is 17.9. The summed E-state index contributed by atoms with van der Waals surface area (Å²) in [6, 6.07) is 22.2. The molecule has 162 valence electrons. The van der Waals surface area contributed by atoms with E-state index in [0.29, 0.717) is 11.9 Å². The number of carbonyl (C=O) groups is 1. The molecule has 0 unspecified atom stereocenters. The summed E-state index contributed by atoms with van der Waals surface area (Å²) in [6.45, 7) is 2.68. The van der Waals surface area contributed by atoms with Crippen LogP contribution >= 0.6 is 0 Å². The normalized spacial score (nSPS) is 13.8. The molecular formula is C26H24N2O3S. The van der Waals surface area contributed by atoms with E-state index < -0.39 is 9.84 Å². The van der Waals surface area contributed by atoms with E-state index in [-0.39, 0.29) is 22.2 Å². The predicted octanol–water partition coefficient (Wildman–Crippen LogP) is 4.76. The largest absolute Gasteiger partial charge is 0.337 e. The van der Waals surface area contributed by atoms with Crippen LogP contribution in [0.2, 0.25) is 0 Å². The summed E-state index contributed by atoms with van der Waals surface area (Å²) >= 11 is 0. The van der Waals surface area contributed by atoms with Crippen LogP contribution in [-0.4, -0.2) is 25.4 Å². The molecule has 1 aromatic heterocycles. The number of rotatable bonds is 4. The number of sulfone groups is 1. The van der Waals surface area contributed by atoms with Gasteiger partial charge in [0, 0.05) is 29.3 Å². The van der Waals surface area contributed by atoms with Gasteiger partial charge in [-0.2, -0.15) is 0 Å². The second-order valence-electron chi connectivity index (χ2n) is 8.23. The Labute approximate surface area is 187 Å². The van der Waals surface area contributed by atoms with Gasteiger partial charge in [-0.05, 0) is 49.6 Å². The highest BCUT2D eigenvalue weighted by Crippen LogP contribution is 2.31. The summed E-state index contributed by atoms with van der Waals surface area (Å²) in [5.41, 5.74) is 3.86. The van der Waals surface area contributed by atoms with Crippen LogP contribution in [0.3, 0.4) is 0 Å². The Morgan fingerprint density at radius 1 is 0.938 bits per heavy atom. The van der Waals surface area contributed by atoms with Crippen LogP contribution in [0, 0.1) is 6.92 Å². The molecule has 3 aromatic carbocycles. The third-order valence-corrected chi connectivity index (χ3v) is 7.89. The van der Waals surface area contributed by atoms with Gasteiger partial charge in [0.15, 0.2) is 0 Å². The molecule has 0 spiro atoms. The molecule has 5 nitrogen and oxygen atoms in total. The first-order valence-corrected chi connectivity index (χ1v) is 12.2. The lowest BCUT2D eigenvalue weighted by Gasteiger charge is -2.29. The van der Waals surface area contributed by atoms with Crippen LogP contribution in [0.4, 0.5) is 5.69 Å². The van der Waals surface area contributed by atoms with Crippen LogP contribution in [0.15, 0.2) is 88.8 Å². The first kappa shape index (κ1) is 20.5. The topological polar surface area (TPSA) is 59.4 Å². The number of anilines is 1. The molecule has 1 aliphatic rings. The molecule has 4 aromatic rings. The van der Waals surface area contributed by atoms with Crippen molar-refractivity contribution < 1.29 is 13.2 Å². The maximum absolute atomic E-state index is 13.4. The maximum atomic E-state index is 13.4. The van der Waals surface area contributed by atoms with E-state index in [1.54, 1.807) is 41.1 Å². The Morgan fingerprint density at radius 2 is 1.66 bits per heavy atom. The second kappa shape index (κ2) is 7.95. The fourth-order valence-electron chi connectivity index (χ4n) is 4.43. The molecule has 0 bridgehead atoms. The van der Waals surface area contributed by atoms with Crippen molar-refractivity contribution in [3.8, 4) is 0 Å². The number of hydrogen-bond acceptors (Lipinski definition) is 3. The van der Waals surface area contributed by atoms with Gasteiger partial charge in [-0.15, -0.1) is 0 Å². The average Bonchev–Trinajstić information content (AvgIpc) is 3.18. The molecule has 5 rings (SSSR count). The Hall–Kier alpha value is -3.38. The monoisotopic (exact) mass is 444 g/mol. The minimum Gasteiger partial charge on any atom is -0.337 e. The summed E-state index contributed by atoms with van der Waals surface area (Å²) in [6.07, 6.45) is 3.49. The number of fused-ring (bicyclic) bond motifs is 2. The first-order valence-electron chi connectivity index (χ1n) is 10.7. The van der Waals surface area contributed by atoms with E-state index in [1.807, 2.05) is 48.2 Å². The summed E-state index contributed by atoms with van der Waals surface area (Å²) in [5, 5.41) is 0.625. The Balaban J connectivity index is 1.54. The van der Waals surface area contributed by atoms with E-state index in [1.165, 1.54) is 5.56 Å². The first-order chi connectivity index (χ1) is 15.4. The summed E-state index contributed by atoms with van der Waals surface area (Å²) in [7, 11) is -3.72. The minimum absolute atomic E-state index is 0.0443. The van der Waals surface area contributed by atoms with Crippen molar-refractivity contribution in [1.29, 1.82) is 0 Å². The lowest BCUT2D eigenvalue weighted by atomic mass is 10.0. The number of hydrogen-bond donors (Lipinski definition) is 0. The van der Waals surface area contributed by atoms with Crippen molar-refractivity contribution >= 4 is 32.3 Å². The smallest absolute Gasteiger partial charge is 0.246 e. The van der Waals surface area contributed by atoms with E-state index in [4.69, 9.17) is 0 Å². The van der Waals surface area contributed by atoms with Crippen LogP contribution in [0.5, 0.6) is 0 Å². The Kier molecular flexibility index (Phi) is 5.10. The predicted molar refractivity (Wildman–Crippen MR) is 126 cm³/mol. The molecule has 2 heterocycles. The van der Waals surface area contributed by atoms with Gasteiger partial charge in [-0.1, -0.05) is 54.1 Å². The van der Waals surface area contributed by atoms with Crippen molar-refractivity contribution in [2.45, 2.75) is 36.1 Å². The number of benzene rings is 3. The standard InChI is InChI=1S/C26H24N2O3S/c1-19-12-14-21(15-13-19)32(30,31)25-17-27(24-11-5-3-9-22(24)25)18-26(29)28-16-6-8-20-7-2-4-10-23(20)28/h2-5,7,9-15,17H,6,8,16,18H2,1H3. The molecule has 0 saturated heterocycles. The molecule has 0 aliphatic carbocycles. The van der Waals surface area contributed by atoms with Gasteiger partial charge in [-0.25, -0.2) is 8.42 Å². The number of aromatic nitrogens is 1. The molecule has 0 radical (unpaired) electrons. The fourth-order valence-corrected chi connectivity index (χ4v) is 5.90. The molecule has 0 atom stereocenters. The van der Waals surface area contributed by atoms with Gasteiger partial charge >= 0.3 is 0 Å². The molecule has 6 heteroatoms. The lowest BCUT2D eigenvalue weighted by Crippen LogP contribution is -2.37. The van der Waals surface area contributed by atoms with Gasteiger partial charge in [0.2, 0.25) is 15.7 Å². The fraction of sp³-hybridized carbons (Fsp3) is 0.192. The van der Waals surface area contributed by atoms with E-state index in [2.05, 4.69) is 6.07 Å². The van der Waals surface area contributed by atoms with Crippen LogP contribution in [0.1, 0.15) is 17.5 Å². The van der Waals surface area contributed by atoms with Crippen molar-refractivity contribution in [3.63, 3.8) is 0 Å². The number of amides is 1. The molecule has 32 heavy (non-hydrogen) atoms. The van der Waals surface area contributed by atoms with Crippen LogP contribution in [0.25, 0.3) is 10.9 Å². The number of para-hydroxylation sites is 2. The Morgan fingerprint density at radius 3 is 2.47 bits per heavy atom. The molecular weight excluding hydrogens is 420 g/mol. The second-order valence-corrected chi connectivity index (χ2v) is 10.2. The molecule has 1 amide bonds. The van der Waals surface area contributed by atoms with Crippen molar-refractivity contribution in [2.75, 3.05) is 11.4 Å². The summed E-state index contributed by atoms with van der Waals surface area (Å²) < 4.78 is 28.6. The highest BCUT2D eigenvalue weighted by Gasteiger charge is 2.26. The van der Waals surface area contributed by atoms with Gasteiger partial charge in [0.05, 0.1) is 9.79 Å². The van der Waals surface area contributed by atoms with Crippen LogP contribution < -0.4 is 4.90 Å².